The Morgan fingerprint density at radius 2 is 1.93 bits per heavy atom. The number of halogens is 1. The maximum atomic E-state index is 13.1. The topological polar surface area (TPSA) is 62.3 Å². The number of aromatic nitrogens is 1. The summed E-state index contributed by atoms with van der Waals surface area (Å²) in [6.07, 6.45) is 1.48. The van der Waals surface area contributed by atoms with E-state index >= 15 is 0 Å². The molecule has 5 nitrogen and oxygen atoms in total. The van der Waals surface area contributed by atoms with Crippen LogP contribution in [0, 0.1) is 11.7 Å². The van der Waals surface area contributed by atoms with Crippen LogP contribution in [0.2, 0.25) is 0 Å². The Bertz CT molecular complexity index is 953. The highest BCUT2D eigenvalue weighted by Crippen LogP contribution is 2.27. The molecule has 0 aliphatic carbocycles. The van der Waals surface area contributed by atoms with Gasteiger partial charge in [0.05, 0.1) is 16.1 Å². The summed E-state index contributed by atoms with van der Waals surface area (Å²) in [5.74, 6) is -0.952. The number of thiazole rings is 1. The van der Waals surface area contributed by atoms with Crippen LogP contribution < -0.4 is 5.32 Å². The molecule has 1 unspecified atom stereocenters. The van der Waals surface area contributed by atoms with Crippen molar-refractivity contribution >= 4 is 38.5 Å². The zero-order chi connectivity index (χ0) is 18.8. The van der Waals surface area contributed by atoms with Crippen molar-refractivity contribution in [2.24, 2.45) is 5.92 Å². The minimum atomic E-state index is -0.377. The van der Waals surface area contributed by atoms with Crippen LogP contribution in [0.4, 0.5) is 9.52 Å². The zero-order valence-electron chi connectivity index (χ0n) is 14.5. The molecule has 2 heterocycles. The average Bonchev–Trinajstić information content (AvgIpc) is 3.10. The molecule has 27 heavy (non-hydrogen) atoms. The second-order valence-electron chi connectivity index (χ2n) is 6.57. The molecular formula is C20H18FN3O2S. The van der Waals surface area contributed by atoms with Crippen molar-refractivity contribution in [3.63, 3.8) is 0 Å². The molecule has 1 fully saturated rings. The lowest BCUT2D eigenvalue weighted by Crippen LogP contribution is -2.43. The maximum absolute atomic E-state index is 13.1. The molecule has 0 bridgehead atoms. The van der Waals surface area contributed by atoms with Crippen molar-refractivity contribution in [3.8, 4) is 0 Å². The number of carbonyl (C=O) groups is 2. The number of anilines is 1. The van der Waals surface area contributed by atoms with Gasteiger partial charge in [-0.2, -0.15) is 0 Å². The van der Waals surface area contributed by atoms with Crippen molar-refractivity contribution in [2.45, 2.75) is 12.8 Å². The van der Waals surface area contributed by atoms with Crippen LogP contribution in [0.1, 0.15) is 23.2 Å². The first-order chi connectivity index (χ1) is 13.1. The Labute approximate surface area is 159 Å². The number of hydrogen-bond acceptors (Lipinski definition) is 4. The number of likely N-dealkylation sites (tertiary alicyclic amines) is 1. The van der Waals surface area contributed by atoms with E-state index in [1.807, 2.05) is 24.3 Å². The van der Waals surface area contributed by atoms with Gasteiger partial charge in [0.15, 0.2) is 5.13 Å². The molecular weight excluding hydrogens is 365 g/mol. The molecule has 0 radical (unpaired) electrons. The van der Waals surface area contributed by atoms with Gasteiger partial charge in [0, 0.05) is 18.7 Å². The molecule has 3 aromatic rings. The van der Waals surface area contributed by atoms with Gasteiger partial charge in [-0.05, 0) is 49.2 Å². The fourth-order valence-electron chi connectivity index (χ4n) is 3.28. The highest BCUT2D eigenvalue weighted by Gasteiger charge is 2.29. The smallest absolute Gasteiger partial charge is 0.253 e. The third kappa shape index (κ3) is 3.83. The maximum Gasteiger partial charge on any atom is 0.253 e. The summed E-state index contributed by atoms with van der Waals surface area (Å²) in [6.45, 7) is 0.952. The molecule has 1 N–H and O–H groups in total. The first kappa shape index (κ1) is 17.6. The largest absolute Gasteiger partial charge is 0.338 e. The van der Waals surface area contributed by atoms with E-state index in [0.29, 0.717) is 23.8 Å². The van der Waals surface area contributed by atoms with E-state index in [-0.39, 0.29) is 23.5 Å². The van der Waals surface area contributed by atoms with Crippen molar-refractivity contribution in [2.75, 3.05) is 18.4 Å². The molecule has 1 saturated heterocycles. The second-order valence-corrected chi connectivity index (χ2v) is 7.60. The number of carbonyl (C=O) groups excluding carboxylic acids is 2. The van der Waals surface area contributed by atoms with Crippen LogP contribution in [0.3, 0.4) is 0 Å². The Morgan fingerprint density at radius 1 is 1.15 bits per heavy atom. The van der Waals surface area contributed by atoms with Gasteiger partial charge in [-0.3, -0.25) is 9.59 Å². The van der Waals surface area contributed by atoms with Gasteiger partial charge in [0.25, 0.3) is 5.91 Å². The highest BCUT2D eigenvalue weighted by molar-refractivity contribution is 7.22. The Kier molecular flexibility index (Phi) is 4.85. The Balaban J connectivity index is 1.43. The third-order valence-electron chi connectivity index (χ3n) is 4.69. The summed E-state index contributed by atoms with van der Waals surface area (Å²) in [4.78, 5) is 31.4. The lowest BCUT2D eigenvalue weighted by atomic mass is 9.96. The summed E-state index contributed by atoms with van der Waals surface area (Å²) in [5, 5.41) is 3.46. The monoisotopic (exact) mass is 383 g/mol. The highest BCUT2D eigenvalue weighted by atomic mass is 32.1. The first-order valence-electron chi connectivity index (χ1n) is 8.81. The molecule has 0 saturated carbocycles. The molecule has 138 valence electrons. The number of nitrogens with one attached hydrogen (secondary N) is 1. The van der Waals surface area contributed by atoms with Gasteiger partial charge in [-0.1, -0.05) is 23.5 Å². The molecule has 4 rings (SSSR count). The number of benzene rings is 2. The number of fused-ring (bicyclic) bond motifs is 1. The van der Waals surface area contributed by atoms with E-state index in [0.717, 1.165) is 23.1 Å². The zero-order valence-corrected chi connectivity index (χ0v) is 15.3. The van der Waals surface area contributed by atoms with Crippen LogP contribution in [-0.4, -0.2) is 34.8 Å². The predicted molar refractivity (Wildman–Crippen MR) is 103 cm³/mol. The number of amides is 2. The van der Waals surface area contributed by atoms with E-state index in [4.69, 9.17) is 0 Å². The van der Waals surface area contributed by atoms with E-state index in [2.05, 4.69) is 10.3 Å². The summed E-state index contributed by atoms with van der Waals surface area (Å²) in [6, 6.07) is 13.2. The number of nitrogens with zero attached hydrogens (tertiary/aromatic N) is 2. The summed E-state index contributed by atoms with van der Waals surface area (Å²) >= 11 is 1.44. The predicted octanol–water partition coefficient (Wildman–Crippen LogP) is 3.93. The minimum absolute atomic E-state index is 0.120. The first-order valence-corrected chi connectivity index (χ1v) is 9.63. The Morgan fingerprint density at radius 3 is 2.70 bits per heavy atom. The summed E-state index contributed by atoms with van der Waals surface area (Å²) < 4.78 is 14.1. The van der Waals surface area contributed by atoms with E-state index < -0.39 is 0 Å². The van der Waals surface area contributed by atoms with Gasteiger partial charge >= 0.3 is 0 Å². The van der Waals surface area contributed by atoms with Crippen molar-refractivity contribution in [1.29, 1.82) is 0 Å². The molecule has 1 aromatic heterocycles. The fraction of sp³-hybridized carbons (Fsp3) is 0.250. The van der Waals surface area contributed by atoms with E-state index in [1.54, 1.807) is 4.90 Å². The molecule has 1 aliphatic heterocycles. The van der Waals surface area contributed by atoms with E-state index in [9.17, 15) is 14.0 Å². The number of para-hydroxylation sites is 1. The number of piperidine rings is 1. The second kappa shape index (κ2) is 7.44. The quantitative estimate of drug-likeness (QED) is 0.746. The molecule has 7 heteroatoms. The SMILES string of the molecule is O=C(Nc1nc2ccccc2s1)C1CCCN(C(=O)c2ccc(F)cc2)C1. The molecule has 1 aliphatic rings. The lowest BCUT2D eigenvalue weighted by Gasteiger charge is -2.32. The normalized spacial score (nSPS) is 17.1. The summed E-state index contributed by atoms with van der Waals surface area (Å²) in [7, 11) is 0. The standard InChI is InChI=1S/C20H18FN3O2S/c21-15-9-7-13(8-10-15)19(26)24-11-3-4-14(12-24)18(25)23-20-22-16-5-1-2-6-17(16)27-20/h1-2,5-10,14H,3-4,11-12H2,(H,22,23,25). The van der Waals surface area contributed by atoms with Crippen LogP contribution >= 0.6 is 11.3 Å². The van der Waals surface area contributed by atoms with Crippen LogP contribution in [0.15, 0.2) is 48.5 Å². The Hall–Kier alpha value is -2.80. The average molecular weight is 383 g/mol. The molecule has 2 amide bonds. The molecule has 0 spiro atoms. The molecule has 2 aromatic carbocycles. The summed E-state index contributed by atoms with van der Waals surface area (Å²) in [5.41, 5.74) is 1.29. The lowest BCUT2D eigenvalue weighted by molar-refractivity contribution is -0.121. The number of hydrogen-bond donors (Lipinski definition) is 1. The van der Waals surface area contributed by atoms with Crippen LogP contribution in [0.5, 0.6) is 0 Å². The van der Waals surface area contributed by atoms with Gasteiger partial charge < -0.3 is 10.2 Å². The van der Waals surface area contributed by atoms with Gasteiger partial charge in [0.1, 0.15) is 5.82 Å². The van der Waals surface area contributed by atoms with Crippen molar-refractivity contribution < 1.29 is 14.0 Å². The van der Waals surface area contributed by atoms with Gasteiger partial charge in [-0.15, -0.1) is 0 Å². The molecule has 1 atom stereocenters. The number of rotatable bonds is 3. The van der Waals surface area contributed by atoms with Crippen LogP contribution in [0.25, 0.3) is 10.2 Å². The van der Waals surface area contributed by atoms with Crippen molar-refractivity contribution in [1.82, 2.24) is 9.88 Å². The third-order valence-corrected chi connectivity index (χ3v) is 5.65. The van der Waals surface area contributed by atoms with E-state index in [1.165, 1.54) is 35.6 Å². The van der Waals surface area contributed by atoms with Gasteiger partial charge in [-0.25, -0.2) is 9.37 Å². The van der Waals surface area contributed by atoms with Crippen LogP contribution in [-0.2, 0) is 4.79 Å². The van der Waals surface area contributed by atoms with Gasteiger partial charge in [0.2, 0.25) is 5.91 Å². The fourth-order valence-corrected chi connectivity index (χ4v) is 4.15. The minimum Gasteiger partial charge on any atom is -0.338 e. The van der Waals surface area contributed by atoms with Crippen molar-refractivity contribution in [3.05, 3.63) is 59.9 Å².